The predicted molar refractivity (Wildman–Crippen MR) is 80.1 cm³/mol. The monoisotopic (exact) mass is 286 g/mol. The third-order valence-corrected chi connectivity index (χ3v) is 3.77. The lowest BCUT2D eigenvalue weighted by atomic mass is 9.94. The number of piperidine rings is 1. The highest BCUT2D eigenvalue weighted by atomic mass is 35.5. The van der Waals surface area contributed by atoms with Crippen molar-refractivity contribution in [2.24, 2.45) is 11.7 Å². The van der Waals surface area contributed by atoms with Gasteiger partial charge in [-0.2, -0.15) is 0 Å². The number of likely N-dealkylation sites (tertiary alicyclic amines) is 1. The molecule has 0 aliphatic carbocycles. The van der Waals surface area contributed by atoms with Crippen LogP contribution in [0.2, 0.25) is 0 Å². The van der Waals surface area contributed by atoms with Crippen LogP contribution in [0.15, 0.2) is 18.2 Å². The topological polar surface area (TPSA) is 29.3 Å². The average molecular weight is 287 g/mol. The van der Waals surface area contributed by atoms with Crippen molar-refractivity contribution in [3.05, 3.63) is 35.1 Å². The zero-order valence-electron chi connectivity index (χ0n) is 11.6. The molecule has 1 heterocycles. The Kier molecular flexibility index (Phi) is 6.76. The largest absolute Gasteiger partial charge is 0.330 e. The Balaban J connectivity index is 0.00000180. The first kappa shape index (κ1) is 16.4. The first-order valence-corrected chi connectivity index (χ1v) is 6.86. The van der Waals surface area contributed by atoms with E-state index in [1.54, 1.807) is 6.07 Å². The lowest BCUT2D eigenvalue weighted by molar-refractivity contribution is 0.161. The van der Waals surface area contributed by atoms with Crippen LogP contribution >= 0.6 is 12.4 Å². The Bertz CT molecular complexity index is 396. The van der Waals surface area contributed by atoms with Gasteiger partial charge in [0, 0.05) is 18.7 Å². The first-order chi connectivity index (χ1) is 8.69. The number of hydrogen-bond donors (Lipinski definition) is 1. The fraction of sp³-hybridized carbons (Fsp3) is 0.600. The normalized spacial score (nSPS) is 20.1. The summed E-state index contributed by atoms with van der Waals surface area (Å²) in [5.41, 5.74) is 7.57. The van der Waals surface area contributed by atoms with Gasteiger partial charge in [-0.15, -0.1) is 12.4 Å². The number of hydrogen-bond acceptors (Lipinski definition) is 2. The minimum absolute atomic E-state index is 0. The molecule has 0 bridgehead atoms. The number of aryl methyl sites for hydroxylation is 1. The second-order valence-electron chi connectivity index (χ2n) is 5.42. The van der Waals surface area contributed by atoms with E-state index >= 15 is 0 Å². The van der Waals surface area contributed by atoms with E-state index in [1.807, 2.05) is 19.1 Å². The molecule has 0 aromatic heterocycles. The molecule has 2 nitrogen and oxygen atoms in total. The highest BCUT2D eigenvalue weighted by molar-refractivity contribution is 5.85. The Morgan fingerprint density at radius 2 is 2.21 bits per heavy atom. The summed E-state index contributed by atoms with van der Waals surface area (Å²) in [4.78, 5) is 2.36. The molecular weight excluding hydrogens is 263 g/mol. The van der Waals surface area contributed by atoms with Crippen LogP contribution in [0, 0.1) is 18.7 Å². The number of halogens is 2. The van der Waals surface area contributed by atoms with Crippen LogP contribution in [-0.2, 0) is 6.54 Å². The van der Waals surface area contributed by atoms with Crippen LogP contribution in [0.1, 0.15) is 30.4 Å². The maximum absolute atomic E-state index is 13.7. The quantitative estimate of drug-likeness (QED) is 0.921. The Morgan fingerprint density at radius 1 is 1.42 bits per heavy atom. The summed E-state index contributed by atoms with van der Waals surface area (Å²) in [5, 5.41) is 0. The summed E-state index contributed by atoms with van der Waals surface area (Å²) in [5.74, 6) is 0.609. The highest BCUT2D eigenvalue weighted by Crippen LogP contribution is 2.21. The van der Waals surface area contributed by atoms with E-state index in [0.717, 1.165) is 43.7 Å². The second kappa shape index (κ2) is 7.83. The lowest BCUT2D eigenvalue weighted by Crippen LogP contribution is -2.35. The van der Waals surface area contributed by atoms with E-state index < -0.39 is 0 Å². The Hall–Kier alpha value is -0.640. The predicted octanol–water partition coefficient (Wildman–Crippen LogP) is 3.12. The zero-order valence-corrected chi connectivity index (χ0v) is 12.4. The maximum atomic E-state index is 13.7. The second-order valence-corrected chi connectivity index (χ2v) is 5.42. The van der Waals surface area contributed by atoms with Crippen LogP contribution in [0.25, 0.3) is 0 Å². The Labute approximate surface area is 121 Å². The van der Waals surface area contributed by atoms with Crippen molar-refractivity contribution in [3.63, 3.8) is 0 Å². The molecule has 2 rings (SSSR count). The number of nitrogens with two attached hydrogens (primary N) is 1. The maximum Gasteiger partial charge on any atom is 0.127 e. The van der Waals surface area contributed by atoms with Crippen molar-refractivity contribution in [1.29, 1.82) is 0 Å². The van der Waals surface area contributed by atoms with Gasteiger partial charge < -0.3 is 5.73 Å². The van der Waals surface area contributed by atoms with E-state index in [4.69, 9.17) is 5.73 Å². The van der Waals surface area contributed by atoms with Gasteiger partial charge in [-0.25, -0.2) is 4.39 Å². The van der Waals surface area contributed by atoms with Crippen molar-refractivity contribution in [2.75, 3.05) is 19.6 Å². The van der Waals surface area contributed by atoms with E-state index in [2.05, 4.69) is 4.90 Å². The molecule has 1 saturated heterocycles. The number of rotatable bonds is 4. The number of benzene rings is 1. The molecule has 19 heavy (non-hydrogen) atoms. The fourth-order valence-corrected chi connectivity index (χ4v) is 2.83. The molecule has 1 aliphatic heterocycles. The zero-order chi connectivity index (χ0) is 13.0. The molecule has 1 atom stereocenters. The standard InChI is InChI=1S/C15H23FN2.ClH/c1-12-4-5-15(16)14(9-12)11-18-8-2-3-13(10-18)6-7-17;/h4-5,9,13H,2-3,6-8,10-11,17H2,1H3;1H. The van der Waals surface area contributed by atoms with Crippen LogP contribution in [0.5, 0.6) is 0 Å². The molecule has 1 unspecified atom stereocenters. The summed E-state index contributed by atoms with van der Waals surface area (Å²) in [6.07, 6.45) is 3.56. The van der Waals surface area contributed by atoms with Gasteiger partial charge >= 0.3 is 0 Å². The summed E-state index contributed by atoms with van der Waals surface area (Å²) in [7, 11) is 0. The van der Waals surface area contributed by atoms with Gasteiger partial charge in [-0.1, -0.05) is 17.7 Å². The van der Waals surface area contributed by atoms with Crippen molar-refractivity contribution < 1.29 is 4.39 Å². The highest BCUT2D eigenvalue weighted by Gasteiger charge is 2.20. The van der Waals surface area contributed by atoms with Gasteiger partial charge in [0.25, 0.3) is 0 Å². The fourth-order valence-electron chi connectivity index (χ4n) is 2.83. The number of nitrogens with zero attached hydrogens (tertiary/aromatic N) is 1. The minimum Gasteiger partial charge on any atom is -0.330 e. The molecule has 2 N–H and O–H groups in total. The van der Waals surface area contributed by atoms with Gasteiger partial charge in [-0.3, -0.25) is 4.90 Å². The Morgan fingerprint density at radius 3 is 2.95 bits per heavy atom. The molecule has 1 aliphatic rings. The third-order valence-electron chi connectivity index (χ3n) is 3.77. The van der Waals surface area contributed by atoms with E-state index in [-0.39, 0.29) is 18.2 Å². The molecule has 1 aromatic carbocycles. The van der Waals surface area contributed by atoms with Gasteiger partial charge in [0.2, 0.25) is 0 Å². The molecule has 1 aromatic rings. The van der Waals surface area contributed by atoms with E-state index in [1.165, 1.54) is 12.8 Å². The molecular formula is C15H24ClFN2. The SMILES string of the molecule is Cc1ccc(F)c(CN2CCCC(CCN)C2)c1.Cl. The summed E-state index contributed by atoms with van der Waals surface area (Å²) in [6, 6.07) is 5.36. The molecule has 0 saturated carbocycles. The average Bonchev–Trinajstić information content (AvgIpc) is 2.35. The molecule has 0 amide bonds. The van der Waals surface area contributed by atoms with Crippen molar-refractivity contribution in [3.8, 4) is 0 Å². The minimum atomic E-state index is -0.0819. The van der Waals surface area contributed by atoms with Crippen molar-refractivity contribution >= 4 is 12.4 Å². The molecule has 0 radical (unpaired) electrons. The first-order valence-electron chi connectivity index (χ1n) is 6.86. The van der Waals surface area contributed by atoms with Crippen LogP contribution in [-0.4, -0.2) is 24.5 Å². The van der Waals surface area contributed by atoms with Crippen LogP contribution in [0.3, 0.4) is 0 Å². The smallest absolute Gasteiger partial charge is 0.127 e. The summed E-state index contributed by atoms with van der Waals surface area (Å²) < 4.78 is 13.7. The van der Waals surface area contributed by atoms with Crippen LogP contribution in [0.4, 0.5) is 4.39 Å². The van der Waals surface area contributed by atoms with Crippen LogP contribution < -0.4 is 5.73 Å². The van der Waals surface area contributed by atoms with Crippen molar-refractivity contribution in [1.82, 2.24) is 4.90 Å². The van der Waals surface area contributed by atoms with Gasteiger partial charge in [-0.05, 0) is 51.3 Å². The van der Waals surface area contributed by atoms with Gasteiger partial charge in [0.15, 0.2) is 0 Å². The van der Waals surface area contributed by atoms with E-state index in [0.29, 0.717) is 5.92 Å². The molecule has 0 spiro atoms. The van der Waals surface area contributed by atoms with Gasteiger partial charge in [0.05, 0.1) is 0 Å². The third kappa shape index (κ3) is 4.75. The van der Waals surface area contributed by atoms with Crippen molar-refractivity contribution in [2.45, 2.75) is 32.7 Å². The molecule has 108 valence electrons. The van der Waals surface area contributed by atoms with E-state index in [9.17, 15) is 4.39 Å². The lowest BCUT2D eigenvalue weighted by Gasteiger charge is -2.32. The summed E-state index contributed by atoms with van der Waals surface area (Å²) >= 11 is 0. The summed E-state index contributed by atoms with van der Waals surface area (Å²) in [6.45, 7) is 5.64. The van der Waals surface area contributed by atoms with Gasteiger partial charge in [0.1, 0.15) is 5.82 Å². The molecule has 1 fully saturated rings. The molecule has 4 heteroatoms.